The number of aromatic nitrogens is 4. The highest BCUT2D eigenvalue weighted by Crippen LogP contribution is 2.24. The molecule has 8 nitrogen and oxygen atoms in total. The molecule has 4 rings (SSSR count). The number of anilines is 1. The fourth-order valence-electron chi connectivity index (χ4n) is 2.64. The molecule has 0 aliphatic heterocycles. The van der Waals surface area contributed by atoms with Gasteiger partial charge in [-0.2, -0.15) is 10.1 Å². The molecule has 0 saturated carbocycles. The minimum Gasteiger partial charge on any atom is -0.439 e. The third-order valence-corrected chi connectivity index (χ3v) is 5.64. The summed E-state index contributed by atoms with van der Waals surface area (Å²) in [6.45, 7) is 1.76. The molecule has 2 aromatic carbocycles. The van der Waals surface area contributed by atoms with Crippen molar-refractivity contribution in [3.63, 3.8) is 0 Å². The lowest BCUT2D eigenvalue weighted by atomic mass is 10.3. The molecule has 0 radical (unpaired) electrons. The van der Waals surface area contributed by atoms with Crippen LogP contribution in [0, 0.1) is 6.92 Å². The molecule has 152 valence electrons. The topological polar surface area (TPSA) is 99.0 Å². The predicted molar refractivity (Wildman–Crippen MR) is 113 cm³/mol. The Hall–Kier alpha value is -3.43. The fourth-order valence-corrected chi connectivity index (χ4v) is 3.82. The van der Waals surface area contributed by atoms with Crippen molar-refractivity contribution in [2.24, 2.45) is 0 Å². The van der Waals surface area contributed by atoms with Crippen LogP contribution in [0.1, 0.15) is 5.82 Å². The Labute approximate surface area is 178 Å². The molecule has 0 atom stereocenters. The highest BCUT2D eigenvalue weighted by molar-refractivity contribution is 7.92. The average molecular weight is 442 g/mol. The zero-order valence-electron chi connectivity index (χ0n) is 15.7. The summed E-state index contributed by atoms with van der Waals surface area (Å²) >= 11 is 5.81. The first-order valence-corrected chi connectivity index (χ1v) is 10.7. The molecule has 0 amide bonds. The minimum absolute atomic E-state index is 0.120. The lowest BCUT2D eigenvalue weighted by molar-refractivity contribution is 0.459. The van der Waals surface area contributed by atoms with Crippen molar-refractivity contribution in [3.05, 3.63) is 83.9 Å². The van der Waals surface area contributed by atoms with Crippen molar-refractivity contribution in [2.45, 2.75) is 11.8 Å². The largest absolute Gasteiger partial charge is 0.439 e. The molecule has 2 aromatic heterocycles. The molecule has 0 aliphatic rings. The summed E-state index contributed by atoms with van der Waals surface area (Å²) in [5, 5.41) is 4.61. The van der Waals surface area contributed by atoms with Crippen molar-refractivity contribution in [1.82, 2.24) is 19.7 Å². The van der Waals surface area contributed by atoms with Gasteiger partial charge < -0.3 is 4.74 Å². The first-order chi connectivity index (χ1) is 14.4. The van der Waals surface area contributed by atoms with E-state index in [0.717, 1.165) is 0 Å². The molecule has 0 unspecified atom stereocenters. The Balaban J connectivity index is 1.50. The molecule has 0 fully saturated rings. The van der Waals surface area contributed by atoms with Crippen LogP contribution >= 0.6 is 11.6 Å². The second-order valence-electron chi connectivity index (χ2n) is 6.25. The van der Waals surface area contributed by atoms with E-state index in [0.29, 0.717) is 34.0 Å². The van der Waals surface area contributed by atoms with Gasteiger partial charge in [0, 0.05) is 29.2 Å². The monoisotopic (exact) mass is 441 g/mol. The summed E-state index contributed by atoms with van der Waals surface area (Å²) in [6.07, 6.45) is 3.43. The van der Waals surface area contributed by atoms with Gasteiger partial charge in [0.2, 0.25) is 5.88 Å². The Morgan fingerprint density at radius 2 is 1.77 bits per heavy atom. The number of nitrogens with zero attached hydrogens (tertiary/aromatic N) is 4. The lowest BCUT2D eigenvalue weighted by Crippen LogP contribution is -2.12. The number of nitrogens with one attached hydrogen (secondary N) is 1. The molecule has 0 spiro atoms. The minimum atomic E-state index is -3.72. The maximum absolute atomic E-state index is 12.5. The van der Waals surface area contributed by atoms with Gasteiger partial charge in [-0.1, -0.05) is 11.6 Å². The highest BCUT2D eigenvalue weighted by Gasteiger charge is 2.14. The molecule has 0 bridgehead atoms. The zero-order valence-corrected chi connectivity index (χ0v) is 17.3. The van der Waals surface area contributed by atoms with E-state index in [2.05, 4.69) is 19.8 Å². The summed E-state index contributed by atoms with van der Waals surface area (Å²) in [4.78, 5) is 8.72. The highest BCUT2D eigenvalue weighted by atomic mass is 35.5. The Morgan fingerprint density at radius 1 is 1.03 bits per heavy atom. The van der Waals surface area contributed by atoms with Crippen molar-refractivity contribution in [3.8, 4) is 17.4 Å². The zero-order chi connectivity index (χ0) is 21.1. The van der Waals surface area contributed by atoms with Crippen LogP contribution in [0.3, 0.4) is 0 Å². The van der Waals surface area contributed by atoms with Gasteiger partial charge in [0.15, 0.2) is 5.82 Å². The Kier molecular flexibility index (Phi) is 5.39. The molecular formula is C20H16ClN5O3S. The summed E-state index contributed by atoms with van der Waals surface area (Å²) < 4.78 is 34.9. The Bertz CT molecular complexity index is 1260. The van der Waals surface area contributed by atoms with E-state index in [-0.39, 0.29) is 4.90 Å². The second-order valence-corrected chi connectivity index (χ2v) is 8.37. The van der Waals surface area contributed by atoms with Gasteiger partial charge in [-0.3, -0.25) is 4.72 Å². The number of hydrogen-bond donors (Lipinski definition) is 1. The second kappa shape index (κ2) is 8.13. The average Bonchev–Trinajstić information content (AvgIpc) is 3.24. The predicted octanol–water partition coefficient (Wildman–Crippen LogP) is 4.22. The maximum atomic E-state index is 12.5. The molecule has 0 saturated heterocycles. The van der Waals surface area contributed by atoms with E-state index in [4.69, 9.17) is 16.3 Å². The quantitative estimate of drug-likeness (QED) is 0.481. The molecule has 0 aliphatic carbocycles. The van der Waals surface area contributed by atoms with Crippen molar-refractivity contribution in [1.29, 1.82) is 0 Å². The van der Waals surface area contributed by atoms with Crippen LogP contribution < -0.4 is 9.46 Å². The van der Waals surface area contributed by atoms with E-state index >= 15 is 0 Å². The van der Waals surface area contributed by atoms with Crippen LogP contribution in [0.4, 0.5) is 5.69 Å². The van der Waals surface area contributed by atoms with Gasteiger partial charge in [0.1, 0.15) is 11.6 Å². The third kappa shape index (κ3) is 4.58. The van der Waals surface area contributed by atoms with Crippen molar-refractivity contribution < 1.29 is 13.2 Å². The number of ether oxygens (including phenoxy) is 1. The first kappa shape index (κ1) is 19.9. The maximum Gasteiger partial charge on any atom is 0.261 e. The van der Waals surface area contributed by atoms with Crippen LogP contribution in [0.25, 0.3) is 5.82 Å². The van der Waals surface area contributed by atoms with Crippen LogP contribution in [-0.2, 0) is 10.0 Å². The van der Waals surface area contributed by atoms with Gasteiger partial charge in [-0.15, -0.1) is 0 Å². The third-order valence-electron chi connectivity index (χ3n) is 3.99. The van der Waals surface area contributed by atoms with Gasteiger partial charge in [-0.05, 0) is 61.5 Å². The van der Waals surface area contributed by atoms with Crippen LogP contribution in [-0.4, -0.2) is 28.2 Å². The Morgan fingerprint density at radius 3 is 2.43 bits per heavy atom. The summed E-state index contributed by atoms with van der Waals surface area (Å²) in [5.74, 6) is 1.96. The van der Waals surface area contributed by atoms with Crippen LogP contribution in [0.2, 0.25) is 5.02 Å². The van der Waals surface area contributed by atoms with Gasteiger partial charge in [-0.25, -0.2) is 18.1 Å². The molecule has 1 N–H and O–H groups in total. The van der Waals surface area contributed by atoms with Crippen LogP contribution in [0.5, 0.6) is 11.6 Å². The molecule has 4 aromatic rings. The first-order valence-electron chi connectivity index (χ1n) is 8.81. The number of hydrogen-bond acceptors (Lipinski definition) is 6. The smallest absolute Gasteiger partial charge is 0.261 e. The number of benzene rings is 2. The number of sulfonamides is 1. The summed E-state index contributed by atoms with van der Waals surface area (Å²) in [6, 6.07) is 15.9. The number of rotatable bonds is 6. The molecule has 10 heteroatoms. The lowest BCUT2D eigenvalue weighted by Gasteiger charge is -2.10. The normalized spacial score (nSPS) is 11.3. The van der Waals surface area contributed by atoms with Crippen molar-refractivity contribution in [2.75, 3.05) is 4.72 Å². The van der Waals surface area contributed by atoms with Crippen LogP contribution in [0.15, 0.2) is 78.0 Å². The van der Waals surface area contributed by atoms with E-state index in [9.17, 15) is 8.42 Å². The SMILES string of the molecule is Cc1nc(Oc2ccc(NS(=O)(=O)c3ccc(Cl)cc3)cc2)cc(-n2cccn2)n1. The van der Waals surface area contributed by atoms with E-state index in [1.165, 1.54) is 24.3 Å². The summed E-state index contributed by atoms with van der Waals surface area (Å²) in [5.41, 5.74) is 0.397. The van der Waals surface area contributed by atoms with Gasteiger partial charge in [0.05, 0.1) is 4.90 Å². The number of halogens is 1. The van der Waals surface area contributed by atoms with Gasteiger partial charge >= 0.3 is 0 Å². The molecule has 2 heterocycles. The van der Waals surface area contributed by atoms with E-state index in [1.54, 1.807) is 60.4 Å². The van der Waals surface area contributed by atoms with E-state index < -0.39 is 10.0 Å². The number of aryl methyl sites for hydroxylation is 1. The molecular weight excluding hydrogens is 426 g/mol. The van der Waals surface area contributed by atoms with Crippen molar-refractivity contribution >= 4 is 27.3 Å². The fraction of sp³-hybridized carbons (Fsp3) is 0.0500. The van der Waals surface area contributed by atoms with Gasteiger partial charge in [0.25, 0.3) is 10.0 Å². The molecule has 30 heavy (non-hydrogen) atoms. The standard InChI is InChI=1S/C20H16ClN5O3S/c1-14-23-19(26-12-2-11-22-26)13-20(24-14)29-17-7-5-16(6-8-17)25-30(27,28)18-9-3-15(21)4-10-18/h2-13,25H,1H3. The van der Waals surface area contributed by atoms with E-state index in [1.807, 2.05) is 0 Å². The summed E-state index contributed by atoms with van der Waals surface area (Å²) in [7, 11) is -3.72.